The van der Waals surface area contributed by atoms with Gasteiger partial charge in [-0.25, -0.2) is 0 Å². The molecule has 1 atom stereocenters. The molecule has 0 aliphatic carbocycles. The number of piperazine rings is 1. The smallest absolute Gasteiger partial charge is 0.239 e. The molecule has 0 spiro atoms. The van der Waals surface area contributed by atoms with E-state index < -0.39 is 0 Å². The summed E-state index contributed by atoms with van der Waals surface area (Å²) in [6.07, 6.45) is 2.53. The van der Waals surface area contributed by atoms with Crippen molar-refractivity contribution in [3.8, 4) is 0 Å². The normalized spacial score (nSPS) is 17.8. The number of halogens is 1. The monoisotopic (exact) mass is 324 g/mol. The van der Waals surface area contributed by atoms with Gasteiger partial charge in [-0.15, -0.1) is 0 Å². The zero-order chi connectivity index (χ0) is 16.1. The zero-order valence-electron chi connectivity index (χ0n) is 13.6. The number of amides is 1. The van der Waals surface area contributed by atoms with Gasteiger partial charge in [0.05, 0.1) is 16.8 Å². The number of likely N-dealkylation sites (N-methyl/N-ethyl adjacent to an activating group) is 1. The summed E-state index contributed by atoms with van der Waals surface area (Å²) in [4.78, 5) is 23.2. The average Bonchev–Trinajstić information content (AvgIpc) is 2.50. The SMILES string of the molecule is CC[C@@H](C(=O)N1CCN(Cc2ccc(Cl)cn2)CC1)N(C)C. The van der Waals surface area contributed by atoms with Crippen LogP contribution in [0.3, 0.4) is 0 Å². The lowest BCUT2D eigenvalue weighted by atomic mass is 10.1. The summed E-state index contributed by atoms with van der Waals surface area (Å²) in [6, 6.07) is 3.82. The van der Waals surface area contributed by atoms with E-state index in [9.17, 15) is 4.79 Å². The van der Waals surface area contributed by atoms with Gasteiger partial charge in [0.25, 0.3) is 0 Å². The molecule has 1 aromatic rings. The minimum atomic E-state index is -0.00974. The van der Waals surface area contributed by atoms with Crippen molar-refractivity contribution in [3.63, 3.8) is 0 Å². The third-order valence-electron chi connectivity index (χ3n) is 4.15. The highest BCUT2D eigenvalue weighted by Crippen LogP contribution is 2.12. The van der Waals surface area contributed by atoms with E-state index >= 15 is 0 Å². The topological polar surface area (TPSA) is 39.7 Å². The first kappa shape index (κ1) is 17.2. The van der Waals surface area contributed by atoms with Crippen LogP contribution in [-0.4, -0.2) is 71.9 Å². The predicted octanol–water partition coefficient (Wildman–Crippen LogP) is 1.72. The van der Waals surface area contributed by atoms with E-state index in [2.05, 4.69) is 16.8 Å². The first-order valence-electron chi connectivity index (χ1n) is 7.79. The molecular formula is C16H25ClN4O. The van der Waals surface area contributed by atoms with Crippen LogP contribution >= 0.6 is 11.6 Å². The Morgan fingerprint density at radius 1 is 1.32 bits per heavy atom. The number of rotatable bonds is 5. The van der Waals surface area contributed by atoms with Crippen molar-refractivity contribution >= 4 is 17.5 Å². The molecular weight excluding hydrogens is 300 g/mol. The number of hydrogen-bond donors (Lipinski definition) is 0. The lowest BCUT2D eigenvalue weighted by molar-refractivity contribution is -0.138. The summed E-state index contributed by atoms with van der Waals surface area (Å²) < 4.78 is 0. The Morgan fingerprint density at radius 2 is 2.00 bits per heavy atom. The lowest BCUT2D eigenvalue weighted by Crippen LogP contribution is -2.53. The van der Waals surface area contributed by atoms with Gasteiger partial charge < -0.3 is 4.90 Å². The largest absolute Gasteiger partial charge is 0.339 e. The first-order valence-corrected chi connectivity index (χ1v) is 8.17. The molecule has 5 nitrogen and oxygen atoms in total. The Balaban J connectivity index is 1.85. The third-order valence-corrected chi connectivity index (χ3v) is 4.38. The highest BCUT2D eigenvalue weighted by molar-refractivity contribution is 6.30. The van der Waals surface area contributed by atoms with Crippen molar-refractivity contribution in [2.75, 3.05) is 40.3 Å². The molecule has 22 heavy (non-hydrogen) atoms. The van der Waals surface area contributed by atoms with Crippen molar-refractivity contribution in [2.24, 2.45) is 0 Å². The van der Waals surface area contributed by atoms with E-state index in [0.29, 0.717) is 5.02 Å². The van der Waals surface area contributed by atoms with Gasteiger partial charge in [0.1, 0.15) is 0 Å². The van der Waals surface area contributed by atoms with E-state index in [1.807, 2.05) is 36.0 Å². The van der Waals surface area contributed by atoms with Crippen LogP contribution < -0.4 is 0 Å². The van der Waals surface area contributed by atoms with Crippen LogP contribution in [0, 0.1) is 0 Å². The summed E-state index contributed by atoms with van der Waals surface area (Å²) in [5.41, 5.74) is 1.02. The molecule has 1 amide bonds. The fraction of sp³-hybridized carbons (Fsp3) is 0.625. The van der Waals surface area contributed by atoms with Crippen LogP contribution in [0.4, 0.5) is 0 Å². The number of carbonyl (C=O) groups excluding carboxylic acids is 1. The summed E-state index contributed by atoms with van der Waals surface area (Å²) in [7, 11) is 3.93. The fourth-order valence-corrected chi connectivity index (χ4v) is 2.94. The van der Waals surface area contributed by atoms with Gasteiger partial charge in [-0.2, -0.15) is 0 Å². The summed E-state index contributed by atoms with van der Waals surface area (Å²) in [5.74, 6) is 0.247. The molecule has 1 saturated heterocycles. The van der Waals surface area contributed by atoms with Gasteiger partial charge in [0, 0.05) is 38.9 Å². The second kappa shape index (κ2) is 7.90. The Morgan fingerprint density at radius 3 is 2.50 bits per heavy atom. The molecule has 6 heteroatoms. The second-order valence-corrected chi connectivity index (χ2v) is 6.39. The number of nitrogens with zero attached hydrogens (tertiary/aromatic N) is 4. The van der Waals surface area contributed by atoms with E-state index in [1.165, 1.54) is 0 Å². The molecule has 0 radical (unpaired) electrons. The van der Waals surface area contributed by atoms with Gasteiger partial charge in [-0.1, -0.05) is 18.5 Å². The van der Waals surface area contributed by atoms with E-state index in [4.69, 9.17) is 11.6 Å². The van der Waals surface area contributed by atoms with Crippen molar-refractivity contribution in [1.29, 1.82) is 0 Å². The molecule has 1 aromatic heterocycles. The van der Waals surface area contributed by atoms with Gasteiger partial charge in [-0.3, -0.25) is 19.6 Å². The van der Waals surface area contributed by atoms with Crippen molar-refractivity contribution in [1.82, 2.24) is 19.7 Å². The van der Waals surface area contributed by atoms with Gasteiger partial charge >= 0.3 is 0 Å². The second-order valence-electron chi connectivity index (χ2n) is 5.96. The number of hydrogen-bond acceptors (Lipinski definition) is 4. The van der Waals surface area contributed by atoms with E-state index in [1.54, 1.807) is 6.20 Å². The van der Waals surface area contributed by atoms with Gasteiger partial charge in [0.2, 0.25) is 5.91 Å². The molecule has 0 saturated carbocycles. The maximum absolute atomic E-state index is 12.5. The summed E-state index contributed by atoms with van der Waals surface area (Å²) in [5, 5.41) is 0.661. The predicted molar refractivity (Wildman–Crippen MR) is 88.9 cm³/mol. The minimum Gasteiger partial charge on any atom is -0.339 e. The molecule has 1 aliphatic heterocycles. The van der Waals surface area contributed by atoms with Crippen LogP contribution in [0.25, 0.3) is 0 Å². The maximum Gasteiger partial charge on any atom is 0.239 e. The third kappa shape index (κ3) is 4.41. The van der Waals surface area contributed by atoms with Crippen LogP contribution in [0.1, 0.15) is 19.0 Å². The molecule has 1 fully saturated rings. The van der Waals surface area contributed by atoms with E-state index in [-0.39, 0.29) is 11.9 Å². The minimum absolute atomic E-state index is 0.00974. The lowest BCUT2D eigenvalue weighted by Gasteiger charge is -2.37. The molecule has 0 N–H and O–H groups in total. The molecule has 1 aliphatic rings. The zero-order valence-corrected chi connectivity index (χ0v) is 14.4. The number of carbonyl (C=O) groups is 1. The molecule has 0 aromatic carbocycles. The fourth-order valence-electron chi connectivity index (χ4n) is 2.83. The maximum atomic E-state index is 12.5. The molecule has 0 bridgehead atoms. The Hall–Kier alpha value is -1.17. The molecule has 0 unspecified atom stereocenters. The standard InChI is InChI=1S/C16H25ClN4O/c1-4-15(19(2)3)16(22)21-9-7-20(8-10-21)12-14-6-5-13(17)11-18-14/h5-6,11,15H,4,7-10,12H2,1-3H3/t15-/m0/s1. The van der Waals surface area contributed by atoms with Crippen LogP contribution in [0.15, 0.2) is 18.3 Å². The molecule has 2 rings (SSSR count). The quantitative estimate of drug-likeness (QED) is 0.827. The Labute approximate surface area is 137 Å². The highest BCUT2D eigenvalue weighted by Gasteiger charge is 2.27. The number of pyridine rings is 1. The van der Waals surface area contributed by atoms with Gasteiger partial charge in [-0.05, 0) is 32.6 Å². The van der Waals surface area contributed by atoms with Crippen LogP contribution in [0.5, 0.6) is 0 Å². The Bertz CT molecular complexity index is 483. The van der Waals surface area contributed by atoms with Crippen LogP contribution in [0.2, 0.25) is 5.02 Å². The van der Waals surface area contributed by atoms with Crippen molar-refractivity contribution in [2.45, 2.75) is 25.9 Å². The summed E-state index contributed by atoms with van der Waals surface area (Å²) >= 11 is 5.85. The molecule has 2 heterocycles. The van der Waals surface area contributed by atoms with Crippen molar-refractivity contribution < 1.29 is 4.79 Å². The van der Waals surface area contributed by atoms with E-state index in [0.717, 1.165) is 44.8 Å². The Kier molecular flexibility index (Phi) is 6.17. The first-order chi connectivity index (χ1) is 10.5. The molecule has 122 valence electrons. The summed E-state index contributed by atoms with van der Waals surface area (Å²) in [6.45, 7) is 6.22. The van der Waals surface area contributed by atoms with Crippen molar-refractivity contribution in [3.05, 3.63) is 29.0 Å². The van der Waals surface area contributed by atoms with Gasteiger partial charge in [0.15, 0.2) is 0 Å². The number of aromatic nitrogens is 1. The average molecular weight is 325 g/mol. The highest BCUT2D eigenvalue weighted by atomic mass is 35.5. The van der Waals surface area contributed by atoms with Crippen LogP contribution in [-0.2, 0) is 11.3 Å².